The fraction of sp³-hybridized carbons (Fsp3) is 0.467. The van der Waals surface area contributed by atoms with Crippen LogP contribution in [0.15, 0.2) is 42.0 Å². The van der Waals surface area contributed by atoms with E-state index in [0.717, 1.165) is 5.54 Å². The van der Waals surface area contributed by atoms with Crippen molar-refractivity contribution in [2.24, 2.45) is 0 Å². The van der Waals surface area contributed by atoms with Crippen LogP contribution in [0.5, 0.6) is 0 Å². The topological polar surface area (TPSA) is 0 Å². The molecule has 0 aromatic heterocycles. The highest BCUT2D eigenvalue weighted by Crippen LogP contribution is 2.42. The van der Waals surface area contributed by atoms with Gasteiger partial charge in [-0.1, -0.05) is 68.2 Å². The van der Waals surface area contributed by atoms with Gasteiger partial charge < -0.3 is 0 Å². The summed E-state index contributed by atoms with van der Waals surface area (Å²) in [7, 11) is -2.22. The quantitative estimate of drug-likeness (QED) is 0.504. The predicted molar refractivity (Wildman–Crippen MR) is 82.7 cm³/mol. The van der Waals surface area contributed by atoms with Crippen molar-refractivity contribution >= 4 is 15.2 Å². The molecule has 0 nitrogen and oxygen atoms in total. The van der Waals surface area contributed by atoms with E-state index in [0.29, 0.717) is 0 Å². The van der Waals surface area contributed by atoms with Crippen molar-refractivity contribution in [3.8, 4) is 0 Å². The molecule has 0 aliphatic carbocycles. The van der Waals surface area contributed by atoms with E-state index in [1.807, 2.05) is 0 Å². The smallest absolute Gasteiger partial charge is 0.0541 e. The van der Waals surface area contributed by atoms with Gasteiger partial charge in [-0.25, -0.2) is 0 Å². The van der Waals surface area contributed by atoms with Crippen LogP contribution in [0.1, 0.15) is 18.0 Å². The molecule has 0 saturated carbocycles. The molecule has 0 amide bonds. The molecule has 17 heavy (non-hydrogen) atoms. The Morgan fingerprint density at radius 1 is 1.00 bits per heavy atom. The largest absolute Gasteiger partial charge is 0.0814 e. The minimum atomic E-state index is -1.17. The predicted octanol–water partition coefficient (Wildman–Crippen LogP) is 4.76. The summed E-state index contributed by atoms with van der Waals surface area (Å²) in [6.45, 7) is 12.8. The first-order chi connectivity index (χ1) is 7.84. The third kappa shape index (κ3) is 2.20. The van der Waals surface area contributed by atoms with Crippen molar-refractivity contribution in [3.05, 3.63) is 47.5 Å². The fourth-order valence-electron chi connectivity index (χ4n) is 3.07. The Balaban J connectivity index is 2.49. The molecular formula is C15H24Si2. The molecule has 0 bridgehead atoms. The van der Waals surface area contributed by atoms with Gasteiger partial charge in [-0.2, -0.15) is 0 Å². The van der Waals surface area contributed by atoms with Gasteiger partial charge in [-0.15, -0.1) is 0 Å². The Morgan fingerprint density at radius 2 is 1.59 bits per heavy atom. The van der Waals surface area contributed by atoms with Crippen LogP contribution in [0.2, 0.25) is 32.2 Å². The van der Waals surface area contributed by atoms with Gasteiger partial charge in [0.15, 0.2) is 0 Å². The van der Waals surface area contributed by atoms with Crippen LogP contribution in [-0.2, 0) is 0 Å². The number of hydrogen-bond acceptors (Lipinski definition) is 0. The average Bonchev–Trinajstić information content (AvgIpc) is 2.24. The standard InChI is InChI=1S/C15H24Si2/c1-13-11-15(14-9-7-6-8-10-14)17(4,5)16(2,3)12-13/h6-11,15H,12H2,1-5H3/t15-/m0/s1. The summed E-state index contributed by atoms with van der Waals surface area (Å²) in [5.41, 5.74) is 3.91. The van der Waals surface area contributed by atoms with E-state index in [2.05, 4.69) is 69.5 Å². The zero-order valence-corrected chi connectivity index (χ0v) is 13.7. The monoisotopic (exact) mass is 260 g/mol. The maximum Gasteiger partial charge on any atom is 0.0541 e. The van der Waals surface area contributed by atoms with Crippen molar-refractivity contribution in [2.45, 2.75) is 44.7 Å². The molecule has 1 aromatic carbocycles. The molecule has 1 aromatic rings. The van der Waals surface area contributed by atoms with Crippen LogP contribution in [-0.4, -0.2) is 15.2 Å². The molecular weight excluding hydrogens is 236 g/mol. The summed E-state index contributed by atoms with van der Waals surface area (Å²) in [6.07, 6.45) is 2.57. The van der Waals surface area contributed by atoms with Crippen LogP contribution < -0.4 is 0 Å². The number of allylic oxidation sites excluding steroid dienone is 2. The van der Waals surface area contributed by atoms with Gasteiger partial charge in [0.2, 0.25) is 0 Å². The lowest BCUT2D eigenvalue weighted by Crippen LogP contribution is -2.60. The van der Waals surface area contributed by atoms with Gasteiger partial charge in [-0.05, 0) is 24.1 Å². The molecule has 0 fully saturated rings. The van der Waals surface area contributed by atoms with Crippen molar-refractivity contribution in [2.75, 3.05) is 0 Å². The van der Waals surface area contributed by atoms with Crippen molar-refractivity contribution < 1.29 is 0 Å². The zero-order chi connectivity index (χ0) is 12.7. The average molecular weight is 261 g/mol. The first-order valence-corrected chi connectivity index (χ1v) is 13.9. The number of benzene rings is 1. The highest BCUT2D eigenvalue weighted by molar-refractivity contribution is 7.41. The van der Waals surface area contributed by atoms with Gasteiger partial charge in [0.05, 0.1) is 7.59 Å². The van der Waals surface area contributed by atoms with Gasteiger partial charge in [-0.3, -0.25) is 0 Å². The second kappa shape index (κ2) is 4.25. The van der Waals surface area contributed by atoms with Crippen LogP contribution in [0.3, 0.4) is 0 Å². The molecule has 0 N–H and O–H groups in total. The van der Waals surface area contributed by atoms with Gasteiger partial charge in [0.1, 0.15) is 0 Å². The molecule has 0 unspecified atom stereocenters. The first kappa shape index (κ1) is 12.8. The normalized spacial score (nSPS) is 26.4. The molecule has 2 rings (SSSR count). The molecule has 2 heteroatoms. The summed E-state index contributed by atoms with van der Waals surface area (Å²) >= 11 is 0. The molecule has 92 valence electrons. The Morgan fingerprint density at radius 3 is 2.18 bits per heavy atom. The molecule has 1 aliphatic heterocycles. The van der Waals surface area contributed by atoms with Crippen molar-refractivity contribution in [1.82, 2.24) is 0 Å². The molecule has 1 atom stereocenters. The number of rotatable bonds is 1. The van der Waals surface area contributed by atoms with Crippen LogP contribution >= 0.6 is 0 Å². The first-order valence-electron chi connectivity index (χ1n) is 6.57. The summed E-state index contributed by atoms with van der Waals surface area (Å²) < 4.78 is 0. The lowest BCUT2D eigenvalue weighted by molar-refractivity contribution is 1.08. The SMILES string of the molecule is CC1=C[C@@H](c2ccccc2)[Si](C)(C)[Si](C)(C)C1. The fourth-order valence-corrected chi connectivity index (χ4v) is 13.1. The summed E-state index contributed by atoms with van der Waals surface area (Å²) in [4.78, 5) is 0. The highest BCUT2D eigenvalue weighted by atomic mass is 29.3. The van der Waals surface area contributed by atoms with E-state index >= 15 is 0 Å². The summed E-state index contributed by atoms with van der Waals surface area (Å²) in [6, 6.07) is 12.5. The lowest BCUT2D eigenvalue weighted by Gasteiger charge is -2.47. The Hall–Kier alpha value is -0.606. The van der Waals surface area contributed by atoms with Crippen LogP contribution in [0.25, 0.3) is 0 Å². The van der Waals surface area contributed by atoms with Gasteiger partial charge in [0.25, 0.3) is 0 Å². The van der Waals surface area contributed by atoms with E-state index in [4.69, 9.17) is 0 Å². The minimum absolute atomic E-state index is 0.735. The van der Waals surface area contributed by atoms with E-state index in [1.54, 1.807) is 11.1 Å². The minimum Gasteiger partial charge on any atom is -0.0814 e. The highest BCUT2D eigenvalue weighted by Gasteiger charge is 2.48. The Labute approximate surface area is 108 Å². The Kier molecular flexibility index (Phi) is 3.21. The molecule has 0 radical (unpaired) electrons. The second-order valence-corrected chi connectivity index (χ2v) is 22.8. The molecule has 0 saturated heterocycles. The van der Waals surface area contributed by atoms with E-state index in [9.17, 15) is 0 Å². The van der Waals surface area contributed by atoms with Gasteiger partial charge >= 0.3 is 0 Å². The summed E-state index contributed by atoms with van der Waals surface area (Å²) in [5, 5.41) is 0. The summed E-state index contributed by atoms with van der Waals surface area (Å²) in [5.74, 6) is 0. The van der Waals surface area contributed by atoms with Crippen molar-refractivity contribution in [3.63, 3.8) is 0 Å². The molecule has 1 heterocycles. The maximum atomic E-state index is 2.61. The van der Waals surface area contributed by atoms with Crippen molar-refractivity contribution in [1.29, 1.82) is 0 Å². The third-order valence-electron chi connectivity index (χ3n) is 4.85. The number of hydrogen-bond donors (Lipinski definition) is 0. The third-order valence-corrected chi connectivity index (χ3v) is 23.8. The van der Waals surface area contributed by atoms with E-state index in [-0.39, 0.29) is 0 Å². The zero-order valence-electron chi connectivity index (χ0n) is 11.7. The van der Waals surface area contributed by atoms with E-state index < -0.39 is 15.2 Å². The molecule has 1 aliphatic rings. The van der Waals surface area contributed by atoms with Gasteiger partial charge in [0, 0.05) is 7.59 Å². The van der Waals surface area contributed by atoms with E-state index in [1.165, 1.54) is 6.04 Å². The second-order valence-electron chi connectivity index (χ2n) is 6.68. The Bertz CT molecular complexity index is 429. The van der Waals surface area contributed by atoms with Crippen LogP contribution in [0, 0.1) is 0 Å². The maximum absolute atomic E-state index is 2.61. The van der Waals surface area contributed by atoms with Crippen LogP contribution in [0.4, 0.5) is 0 Å². The lowest BCUT2D eigenvalue weighted by atomic mass is 10.1. The molecule has 0 spiro atoms.